The molecule has 1 aliphatic rings. The second-order valence-electron chi connectivity index (χ2n) is 4.40. The maximum Gasteiger partial charge on any atom is 0.264 e. The second kappa shape index (κ2) is 4.87. The summed E-state index contributed by atoms with van der Waals surface area (Å²) in [6.07, 6.45) is 0. The van der Waals surface area contributed by atoms with E-state index in [9.17, 15) is 9.59 Å². The van der Waals surface area contributed by atoms with Crippen LogP contribution in [0.2, 0.25) is 0 Å². The van der Waals surface area contributed by atoms with Gasteiger partial charge in [-0.15, -0.1) is 0 Å². The van der Waals surface area contributed by atoms with Gasteiger partial charge in [0.1, 0.15) is 11.8 Å². The highest BCUT2D eigenvalue weighted by atomic mass is 16.5. The number of carbonyl (C=O) groups excluding carboxylic acids is 2. The van der Waals surface area contributed by atoms with Crippen LogP contribution < -0.4 is 21.2 Å². The molecule has 1 aromatic carbocycles. The van der Waals surface area contributed by atoms with Crippen molar-refractivity contribution in [2.45, 2.75) is 6.04 Å². The molecular weight excluding hydrogens is 248 g/mol. The van der Waals surface area contributed by atoms with Crippen molar-refractivity contribution in [2.24, 2.45) is 11.6 Å². The van der Waals surface area contributed by atoms with Gasteiger partial charge in [-0.2, -0.15) is 0 Å². The first kappa shape index (κ1) is 13.3. The van der Waals surface area contributed by atoms with Gasteiger partial charge in [0.05, 0.1) is 5.69 Å². The third-order valence-corrected chi connectivity index (χ3v) is 3.04. The Labute approximate surface area is 110 Å². The zero-order valence-corrected chi connectivity index (χ0v) is 10.8. The highest BCUT2D eigenvalue weighted by molar-refractivity contribution is 5.97. The molecular formula is C12H16N4O3. The van der Waals surface area contributed by atoms with Gasteiger partial charge in [0.15, 0.2) is 6.61 Å². The van der Waals surface area contributed by atoms with Gasteiger partial charge in [0.2, 0.25) is 0 Å². The number of hydrogen-bond acceptors (Lipinski definition) is 5. The summed E-state index contributed by atoms with van der Waals surface area (Å²) >= 11 is 0. The predicted octanol–water partition coefficient (Wildman–Crippen LogP) is -0.626. The lowest BCUT2D eigenvalue weighted by atomic mass is 10.0. The Balaban J connectivity index is 2.35. The van der Waals surface area contributed by atoms with Crippen molar-refractivity contribution in [1.82, 2.24) is 5.01 Å². The normalized spacial score (nSPS) is 15.6. The molecule has 7 nitrogen and oxygen atoms in total. The minimum Gasteiger partial charge on any atom is -0.482 e. The minimum absolute atomic E-state index is 0.0133. The summed E-state index contributed by atoms with van der Waals surface area (Å²) in [5, 5.41) is 0.940. The van der Waals surface area contributed by atoms with Crippen molar-refractivity contribution in [1.29, 1.82) is 0 Å². The standard InChI is InChI=1S/C12H16N4O3/c1-15-8-5-7(11(13)12(18)16(2)14)3-4-9(8)19-6-10(15)17/h3-5,11H,6,13-14H2,1-2H3. The average Bonchev–Trinajstić information content (AvgIpc) is 2.41. The van der Waals surface area contributed by atoms with Crippen molar-refractivity contribution < 1.29 is 14.3 Å². The van der Waals surface area contributed by atoms with Crippen LogP contribution in [-0.2, 0) is 9.59 Å². The lowest BCUT2D eigenvalue weighted by molar-refractivity contribution is -0.131. The van der Waals surface area contributed by atoms with Crippen LogP contribution in [0.1, 0.15) is 11.6 Å². The van der Waals surface area contributed by atoms with E-state index < -0.39 is 11.9 Å². The second-order valence-corrected chi connectivity index (χ2v) is 4.40. The number of likely N-dealkylation sites (N-methyl/N-ethyl adjacent to an activating group) is 2. The number of hydrazine groups is 1. The molecule has 0 spiro atoms. The largest absolute Gasteiger partial charge is 0.482 e. The van der Waals surface area contributed by atoms with Crippen molar-refractivity contribution in [2.75, 3.05) is 25.6 Å². The highest BCUT2D eigenvalue weighted by Crippen LogP contribution is 2.33. The summed E-state index contributed by atoms with van der Waals surface area (Å²) in [6, 6.07) is 4.18. The Bertz CT molecular complexity index is 530. The summed E-state index contributed by atoms with van der Waals surface area (Å²) in [7, 11) is 3.08. The quantitative estimate of drug-likeness (QED) is 0.421. The number of nitrogens with two attached hydrogens (primary N) is 2. The number of ether oxygens (including phenoxy) is 1. The first-order valence-electron chi connectivity index (χ1n) is 5.73. The zero-order valence-electron chi connectivity index (χ0n) is 10.8. The zero-order chi connectivity index (χ0) is 14.2. The van der Waals surface area contributed by atoms with Crippen molar-refractivity contribution in [3.63, 3.8) is 0 Å². The molecule has 0 saturated heterocycles. The molecule has 0 aliphatic carbocycles. The number of nitrogens with zero attached hydrogens (tertiary/aromatic N) is 2. The van der Waals surface area contributed by atoms with Gasteiger partial charge in [-0.3, -0.25) is 14.6 Å². The summed E-state index contributed by atoms with van der Waals surface area (Å²) in [4.78, 5) is 24.8. The van der Waals surface area contributed by atoms with Gasteiger partial charge in [-0.1, -0.05) is 6.07 Å². The molecule has 7 heteroatoms. The molecule has 102 valence electrons. The van der Waals surface area contributed by atoms with Gasteiger partial charge < -0.3 is 15.4 Å². The van der Waals surface area contributed by atoms with E-state index in [-0.39, 0.29) is 12.5 Å². The van der Waals surface area contributed by atoms with Crippen LogP contribution in [0.25, 0.3) is 0 Å². The number of amides is 2. The summed E-state index contributed by atoms with van der Waals surface area (Å²) in [5.74, 6) is 5.40. The van der Waals surface area contributed by atoms with E-state index in [0.717, 1.165) is 5.01 Å². The molecule has 0 bridgehead atoms. The van der Waals surface area contributed by atoms with Crippen molar-refractivity contribution in [3.8, 4) is 5.75 Å². The van der Waals surface area contributed by atoms with Gasteiger partial charge in [0.25, 0.3) is 11.8 Å². The van der Waals surface area contributed by atoms with E-state index in [1.807, 2.05) is 0 Å². The summed E-state index contributed by atoms with van der Waals surface area (Å²) in [5.41, 5.74) is 7.01. The van der Waals surface area contributed by atoms with E-state index in [1.165, 1.54) is 11.9 Å². The minimum atomic E-state index is -0.870. The van der Waals surface area contributed by atoms with Crippen molar-refractivity contribution >= 4 is 17.5 Å². The van der Waals surface area contributed by atoms with E-state index in [4.69, 9.17) is 16.3 Å². The molecule has 0 aromatic heterocycles. The van der Waals surface area contributed by atoms with Crippen LogP contribution in [-0.4, -0.2) is 37.5 Å². The Morgan fingerprint density at radius 3 is 2.84 bits per heavy atom. The van der Waals surface area contributed by atoms with E-state index >= 15 is 0 Å². The number of benzene rings is 1. The fourth-order valence-corrected chi connectivity index (χ4v) is 1.84. The fraction of sp³-hybridized carbons (Fsp3) is 0.333. The van der Waals surface area contributed by atoms with E-state index in [2.05, 4.69) is 0 Å². The van der Waals surface area contributed by atoms with Gasteiger partial charge in [0, 0.05) is 14.1 Å². The molecule has 1 unspecified atom stereocenters. The van der Waals surface area contributed by atoms with Gasteiger partial charge >= 0.3 is 0 Å². The number of carbonyl (C=O) groups is 2. The van der Waals surface area contributed by atoms with Gasteiger partial charge in [-0.05, 0) is 17.7 Å². The molecule has 1 aromatic rings. The monoisotopic (exact) mass is 264 g/mol. The molecule has 2 amide bonds. The highest BCUT2D eigenvalue weighted by Gasteiger charge is 2.25. The molecule has 0 radical (unpaired) electrons. The predicted molar refractivity (Wildman–Crippen MR) is 69.2 cm³/mol. The first-order chi connectivity index (χ1) is 8.91. The maximum absolute atomic E-state index is 11.7. The lowest BCUT2D eigenvalue weighted by Crippen LogP contribution is -2.40. The Hall–Kier alpha value is -2.12. The van der Waals surface area contributed by atoms with E-state index in [1.54, 1.807) is 25.2 Å². The number of hydrogen-bond donors (Lipinski definition) is 2. The van der Waals surface area contributed by atoms with E-state index in [0.29, 0.717) is 17.0 Å². The fourth-order valence-electron chi connectivity index (χ4n) is 1.84. The van der Waals surface area contributed by atoms with Crippen LogP contribution in [0.15, 0.2) is 18.2 Å². The molecule has 0 saturated carbocycles. The first-order valence-corrected chi connectivity index (χ1v) is 5.73. The van der Waals surface area contributed by atoms with Crippen LogP contribution in [0.5, 0.6) is 5.75 Å². The molecule has 4 N–H and O–H groups in total. The maximum atomic E-state index is 11.7. The van der Waals surface area contributed by atoms with Crippen LogP contribution in [0, 0.1) is 0 Å². The smallest absolute Gasteiger partial charge is 0.264 e. The van der Waals surface area contributed by atoms with Gasteiger partial charge in [-0.25, -0.2) is 5.84 Å². The van der Waals surface area contributed by atoms with Crippen LogP contribution >= 0.6 is 0 Å². The number of fused-ring (bicyclic) bond motifs is 1. The molecule has 0 fully saturated rings. The third-order valence-electron chi connectivity index (χ3n) is 3.04. The lowest BCUT2D eigenvalue weighted by Gasteiger charge is -2.27. The Kier molecular flexibility index (Phi) is 3.41. The van der Waals surface area contributed by atoms with Crippen LogP contribution in [0.4, 0.5) is 5.69 Å². The topological polar surface area (TPSA) is 102 Å². The SMILES string of the molecule is CN(N)C(=O)C(N)c1ccc2c(c1)N(C)C(=O)CO2. The molecule has 19 heavy (non-hydrogen) atoms. The molecule has 1 aliphatic heterocycles. The molecule has 1 atom stereocenters. The number of anilines is 1. The molecule has 2 rings (SSSR count). The average molecular weight is 264 g/mol. The summed E-state index contributed by atoms with van der Waals surface area (Å²) < 4.78 is 5.30. The number of rotatable bonds is 2. The third kappa shape index (κ3) is 2.38. The summed E-state index contributed by atoms with van der Waals surface area (Å²) in [6.45, 7) is 0.0133. The Morgan fingerprint density at radius 2 is 2.21 bits per heavy atom. The Morgan fingerprint density at radius 1 is 1.53 bits per heavy atom. The molecule has 1 heterocycles. The van der Waals surface area contributed by atoms with Crippen LogP contribution in [0.3, 0.4) is 0 Å². The van der Waals surface area contributed by atoms with Crippen molar-refractivity contribution in [3.05, 3.63) is 23.8 Å².